The highest BCUT2D eigenvalue weighted by molar-refractivity contribution is 6.31. The molecule has 0 saturated carbocycles. The van der Waals surface area contributed by atoms with E-state index < -0.39 is 18.2 Å². The van der Waals surface area contributed by atoms with Gasteiger partial charge in [-0.25, -0.2) is 0 Å². The fourth-order valence-electron chi connectivity index (χ4n) is 3.11. The van der Waals surface area contributed by atoms with Gasteiger partial charge < -0.3 is 14.4 Å². The Hall–Kier alpha value is -2.08. The first-order valence-corrected chi connectivity index (χ1v) is 9.30. The van der Waals surface area contributed by atoms with Crippen LogP contribution in [0.1, 0.15) is 30.6 Å². The summed E-state index contributed by atoms with van der Waals surface area (Å²) < 4.78 is 11.1. The van der Waals surface area contributed by atoms with Gasteiger partial charge in [0.1, 0.15) is 12.2 Å². The van der Waals surface area contributed by atoms with Gasteiger partial charge >= 0.3 is 5.97 Å². The molecule has 0 bridgehead atoms. The summed E-state index contributed by atoms with van der Waals surface area (Å²) in [5.74, 6) is -0.827. The number of anilines is 1. The predicted molar refractivity (Wildman–Crippen MR) is 104 cm³/mol. The molecule has 0 aliphatic carbocycles. The van der Waals surface area contributed by atoms with Crippen molar-refractivity contribution < 1.29 is 19.1 Å². The lowest BCUT2D eigenvalue weighted by molar-refractivity contribution is -0.151. The van der Waals surface area contributed by atoms with E-state index in [1.165, 1.54) is 4.90 Å². The standard InChI is InChI=1S/C20H19Cl2NO4/c1-3-26-18(24)11-17-20(25)23(2)16-9-8-12(21)10-14(16)19(27-17)13-6-4-5-7-15(13)22/h4-10,17,19H,3,11H2,1-2H3/t17-,19-/m0/s1. The molecule has 1 amide bonds. The van der Waals surface area contributed by atoms with Crippen LogP contribution in [0.3, 0.4) is 0 Å². The van der Waals surface area contributed by atoms with Crippen molar-refractivity contribution in [2.45, 2.75) is 25.6 Å². The SMILES string of the molecule is CCOC(=O)C[C@@H]1O[C@@H](c2ccccc2Cl)c2cc(Cl)ccc2N(C)C1=O. The maximum absolute atomic E-state index is 12.9. The molecule has 27 heavy (non-hydrogen) atoms. The first-order valence-electron chi connectivity index (χ1n) is 8.55. The predicted octanol–water partition coefficient (Wildman–Crippen LogP) is 4.40. The summed E-state index contributed by atoms with van der Waals surface area (Å²) in [5.41, 5.74) is 2.05. The minimum Gasteiger partial charge on any atom is -0.466 e. The molecule has 1 aliphatic heterocycles. The Labute approximate surface area is 167 Å². The number of carbonyl (C=O) groups excluding carboxylic acids is 2. The second-order valence-corrected chi connectivity index (χ2v) is 6.98. The van der Waals surface area contributed by atoms with Crippen LogP contribution in [-0.2, 0) is 19.1 Å². The number of nitrogens with zero attached hydrogens (tertiary/aromatic N) is 1. The van der Waals surface area contributed by atoms with Gasteiger partial charge in [0.15, 0.2) is 0 Å². The molecule has 7 heteroatoms. The van der Waals surface area contributed by atoms with E-state index in [1.54, 1.807) is 38.2 Å². The van der Waals surface area contributed by atoms with Crippen LogP contribution >= 0.6 is 23.2 Å². The molecule has 0 radical (unpaired) electrons. The molecule has 0 unspecified atom stereocenters. The highest BCUT2D eigenvalue weighted by atomic mass is 35.5. The van der Waals surface area contributed by atoms with Crippen LogP contribution in [0.15, 0.2) is 42.5 Å². The number of fused-ring (bicyclic) bond motifs is 1. The van der Waals surface area contributed by atoms with Gasteiger partial charge in [-0.3, -0.25) is 9.59 Å². The molecule has 2 atom stereocenters. The molecule has 0 N–H and O–H groups in total. The summed E-state index contributed by atoms with van der Waals surface area (Å²) in [7, 11) is 1.64. The minimum absolute atomic E-state index is 0.181. The lowest BCUT2D eigenvalue weighted by Crippen LogP contribution is -2.38. The summed E-state index contributed by atoms with van der Waals surface area (Å²) in [6.07, 6.45) is -1.83. The van der Waals surface area contributed by atoms with Crippen LogP contribution in [0.2, 0.25) is 10.0 Å². The monoisotopic (exact) mass is 407 g/mol. The Morgan fingerprint density at radius 3 is 2.63 bits per heavy atom. The van der Waals surface area contributed by atoms with Crippen molar-refractivity contribution in [1.82, 2.24) is 0 Å². The molecule has 1 heterocycles. The molecule has 0 fully saturated rings. The number of ether oxygens (including phenoxy) is 2. The second kappa shape index (κ2) is 8.30. The Morgan fingerprint density at radius 1 is 1.19 bits per heavy atom. The van der Waals surface area contributed by atoms with E-state index in [1.807, 2.05) is 18.2 Å². The molecule has 3 rings (SSSR count). The topological polar surface area (TPSA) is 55.8 Å². The Morgan fingerprint density at radius 2 is 1.93 bits per heavy atom. The van der Waals surface area contributed by atoms with E-state index in [2.05, 4.69) is 0 Å². The van der Waals surface area contributed by atoms with Crippen LogP contribution in [0.4, 0.5) is 5.69 Å². The Kier molecular flexibility index (Phi) is 6.05. The number of amides is 1. The third kappa shape index (κ3) is 4.10. The first-order chi connectivity index (χ1) is 12.9. The summed E-state index contributed by atoms with van der Waals surface area (Å²) in [4.78, 5) is 26.4. The smallest absolute Gasteiger partial charge is 0.308 e. The van der Waals surface area contributed by atoms with Crippen LogP contribution in [-0.4, -0.2) is 31.6 Å². The fourth-order valence-corrected chi connectivity index (χ4v) is 3.52. The molecule has 1 aliphatic rings. The minimum atomic E-state index is -0.999. The maximum atomic E-state index is 12.9. The third-order valence-corrected chi connectivity index (χ3v) is 4.96. The summed E-state index contributed by atoms with van der Waals surface area (Å²) in [6.45, 7) is 1.95. The molecular formula is C20H19Cl2NO4. The summed E-state index contributed by atoms with van der Waals surface area (Å²) in [6, 6.07) is 12.5. The van der Waals surface area contributed by atoms with Crippen molar-refractivity contribution in [2.75, 3.05) is 18.6 Å². The van der Waals surface area contributed by atoms with Gasteiger partial charge in [0.25, 0.3) is 5.91 Å². The molecule has 0 saturated heterocycles. The largest absolute Gasteiger partial charge is 0.466 e. The number of halogens is 2. The number of benzene rings is 2. The van der Waals surface area contributed by atoms with Gasteiger partial charge in [-0.1, -0.05) is 41.4 Å². The zero-order chi connectivity index (χ0) is 19.6. The van der Waals surface area contributed by atoms with E-state index in [4.69, 9.17) is 32.7 Å². The highest BCUT2D eigenvalue weighted by Gasteiger charge is 2.37. The highest BCUT2D eigenvalue weighted by Crippen LogP contribution is 2.41. The van der Waals surface area contributed by atoms with Crippen molar-refractivity contribution in [3.8, 4) is 0 Å². The quantitative estimate of drug-likeness (QED) is 0.704. The van der Waals surface area contributed by atoms with E-state index in [9.17, 15) is 9.59 Å². The average molecular weight is 408 g/mol. The second-order valence-electron chi connectivity index (χ2n) is 6.14. The van der Waals surface area contributed by atoms with Crippen molar-refractivity contribution in [1.29, 1.82) is 0 Å². The zero-order valence-electron chi connectivity index (χ0n) is 14.9. The summed E-state index contributed by atoms with van der Waals surface area (Å²) >= 11 is 12.6. The molecule has 5 nitrogen and oxygen atoms in total. The van der Waals surface area contributed by atoms with Gasteiger partial charge in [-0.2, -0.15) is 0 Å². The van der Waals surface area contributed by atoms with Crippen LogP contribution in [0.5, 0.6) is 0 Å². The molecule has 2 aromatic carbocycles. The number of carbonyl (C=O) groups is 2. The molecule has 0 aromatic heterocycles. The normalized spacial score (nSPS) is 19.4. The Balaban J connectivity index is 2.09. The summed E-state index contributed by atoms with van der Waals surface area (Å²) in [5, 5.41) is 1.01. The first kappa shape index (κ1) is 19.7. The van der Waals surface area contributed by atoms with Crippen molar-refractivity contribution >= 4 is 40.8 Å². The third-order valence-electron chi connectivity index (χ3n) is 4.38. The molecule has 0 spiro atoms. The number of likely N-dealkylation sites (N-methyl/N-ethyl adjacent to an activating group) is 1. The molecular weight excluding hydrogens is 389 g/mol. The number of rotatable bonds is 4. The van der Waals surface area contributed by atoms with Crippen molar-refractivity contribution in [3.05, 3.63) is 63.6 Å². The number of esters is 1. The Bertz CT molecular complexity index is 871. The zero-order valence-corrected chi connectivity index (χ0v) is 16.5. The number of hydrogen-bond acceptors (Lipinski definition) is 4. The van der Waals surface area contributed by atoms with Gasteiger partial charge in [-0.05, 0) is 31.2 Å². The fraction of sp³-hybridized carbons (Fsp3) is 0.300. The molecule has 142 valence electrons. The lowest BCUT2D eigenvalue weighted by atomic mass is 9.99. The average Bonchev–Trinajstić information content (AvgIpc) is 2.73. The van der Waals surface area contributed by atoms with Crippen LogP contribution < -0.4 is 4.90 Å². The van der Waals surface area contributed by atoms with E-state index in [0.29, 0.717) is 26.9 Å². The van der Waals surface area contributed by atoms with Gasteiger partial charge in [0, 0.05) is 33.9 Å². The van der Waals surface area contributed by atoms with Crippen molar-refractivity contribution in [2.24, 2.45) is 0 Å². The van der Waals surface area contributed by atoms with Gasteiger partial charge in [0.05, 0.1) is 13.0 Å². The van der Waals surface area contributed by atoms with E-state index >= 15 is 0 Å². The maximum Gasteiger partial charge on any atom is 0.308 e. The van der Waals surface area contributed by atoms with Crippen LogP contribution in [0, 0.1) is 0 Å². The molecule has 2 aromatic rings. The number of hydrogen-bond donors (Lipinski definition) is 0. The van der Waals surface area contributed by atoms with E-state index in [0.717, 1.165) is 0 Å². The van der Waals surface area contributed by atoms with Crippen LogP contribution in [0.25, 0.3) is 0 Å². The van der Waals surface area contributed by atoms with E-state index in [-0.39, 0.29) is 18.9 Å². The lowest BCUT2D eigenvalue weighted by Gasteiger charge is -2.22. The van der Waals surface area contributed by atoms with Gasteiger partial charge in [0.2, 0.25) is 0 Å². The van der Waals surface area contributed by atoms with Gasteiger partial charge in [-0.15, -0.1) is 0 Å². The van der Waals surface area contributed by atoms with Crippen molar-refractivity contribution in [3.63, 3.8) is 0 Å².